The molecule has 0 atom stereocenters. The zero-order chi connectivity index (χ0) is 28.7. The summed E-state index contributed by atoms with van der Waals surface area (Å²) in [5.41, 5.74) is -0.116. The van der Waals surface area contributed by atoms with Crippen LogP contribution >= 0.6 is 0 Å². The van der Waals surface area contributed by atoms with Gasteiger partial charge in [-0.25, -0.2) is 9.37 Å². The SMILES string of the molecule is COCC(C)(C)NCc1cc(C(F)(F)F)c2oc(-c3c(F)ccc(-c4ccccc4)c3-c3nncn3C)nc2c1. The van der Waals surface area contributed by atoms with Gasteiger partial charge in [0.25, 0.3) is 0 Å². The minimum atomic E-state index is -4.73. The molecule has 7 nitrogen and oxygen atoms in total. The highest BCUT2D eigenvalue weighted by Gasteiger charge is 2.36. The number of fused-ring (bicyclic) bond motifs is 1. The molecule has 0 bridgehead atoms. The van der Waals surface area contributed by atoms with Crippen LogP contribution < -0.4 is 5.32 Å². The van der Waals surface area contributed by atoms with Crippen molar-refractivity contribution < 1.29 is 26.7 Å². The Labute approximate surface area is 227 Å². The molecule has 0 unspecified atom stereocenters. The predicted molar refractivity (Wildman–Crippen MR) is 143 cm³/mol. The first-order valence-corrected chi connectivity index (χ1v) is 12.5. The van der Waals surface area contributed by atoms with Crippen LogP contribution in [-0.4, -0.2) is 39.0 Å². The van der Waals surface area contributed by atoms with Crippen LogP contribution in [0.4, 0.5) is 17.6 Å². The number of oxazole rings is 1. The zero-order valence-corrected chi connectivity index (χ0v) is 22.3. The van der Waals surface area contributed by atoms with Gasteiger partial charge in [-0.2, -0.15) is 13.2 Å². The van der Waals surface area contributed by atoms with E-state index < -0.39 is 28.7 Å². The summed E-state index contributed by atoms with van der Waals surface area (Å²) in [6, 6.07) is 14.6. The first-order valence-electron chi connectivity index (χ1n) is 12.5. The van der Waals surface area contributed by atoms with Crippen molar-refractivity contribution in [2.75, 3.05) is 13.7 Å². The van der Waals surface area contributed by atoms with Crippen LogP contribution in [0, 0.1) is 5.82 Å². The average Bonchev–Trinajstić information content (AvgIpc) is 3.52. The fraction of sp³-hybridized carbons (Fsp3) is 0.276. The molecule has 0 spiro atoms. The Balaban J connectivity index is 1.72. The first kappa shape index (κ1) is 27.5. The van der Waals surface area contributed by atoms with Gasteiger partial charge in [0.15, 0.2) is 11.4 Å². The smallest absolute Gasteiger partial charge is 0.420 e. The van der Waals surface area contributed by atoms with Crippen LogP contribution in [-0.2, 0) is 24.5 Å². The highest BCUT2D eigenvalue weighted by molar-refractivity contribution is 5.92. The maximum atomic E-state index is 15.6. The van der Waals surface area contributed by atoms with Crippen LogP contribution in [0.1, 0.15) is 25.0 Å². The fourth-order valence-corrected chi connectivity index (χ4v) is 4.65. The standard InChI is InChI=1S/C29H27F4N5O2/c1-28(2,15-39-4)34-14-17-12-20(29(31,32)33)25-22(13-17)36-27(40-25)24-21(30)11-10-19(18-8-6-5-7-9-18)23(24)26-37-35-16-38(26)3/h5-13,16,34H,14-15H2,1-4H3. The number of rotatable bonds is 8. The number of aromatic nitrogens is 4. The van der Waals surface area contributed by atoms with Crippen molar-refractivity contribution in [1.82, 2.24) is 25.1 Å². The average molecular weight is 554 g/mol. The normalized spacial score (nSPS) is 12.4. The number of hydrogen-bond donors (Lipinski definition) is 1. The largest absolute Gasteiger partial charge is 0.435 e. The van der Waals surface area contributed by atoms with Crippen molar-refractivity contribution in [2.24, 2.45) is 7.05 Å². The molecule has 0 saturated carbocycles. The van der Waals surface area contributed by atoms with Crippen LogP contribution in [0.3, 0.4) is 0 Å². The van der Waals surface area contributed by atoms with Gasteiger partial charge in [-0.05, 0) is 48.7 Å². The van der Waals surface area contributed by atoms with Gasteiger partial charge < -0.3 is 19.0 Å². The number of nitrogens with zero attached hydrogens (tertiary/aromatic N) is 4. The van der Waals surface area contributed by atoms with E-state index in [9.17, 15) is 13.2 Å². The van der Waals surface area contributed by atoms with E-state index >= 15 is 4.39 Å². The lowest BCUT2D eigenvalue weighted by atomic mass is 9.94. The third kappa shape index (κ3) is 5.34. The Morgan fingerprint density at radius 3 is 2.42 bits per heavy atom. The number of aryl methyl sites for hydroxylation is 1. The maximum Gasteiger partial charge on any atom is 0.420 e. The van der Waals surface area contributed by atoms with Gasteiger partial charge in [0.05, 0.1) is 12.2 Å². The topological polar surface area (TPSA) is 78.0 Å². The van der Waals surface area contributed by atoms with Crippen molar-refractivity contribution in [3.05, 3.63) is 77.9 Å². The zero-order valence-electron chi connectivity index (χ0n) is 22.3. The van der Waals surface area contributed by atoms with Crippen molar-refractivity contribution in [1.29, 1.82) is 0 Å². The second kappa shape index (κ2) is 10.5. The van der Waals surface area contributed by atoms with Gasteiger partial charge >= 0.3 is 6.18 Å². The molecule has 0 aliphatic rings. The number of methoxy groups -OCH3 is 1. The number of halogens is 4. The molecule has 3 aromatic carbocycles. The van der Waals surface area contributed by atoms with E-state index in [-0.39, 0.29) is 23.5 Å². The predicted octanol–water partition coefficient (Wildman–Crippen LogP) is 6.63. The molecule has 40 heavy (non-hydrogen) atoms. The minimum absolute atomic E-state index is 0.0420. The summed E-state index contributed by atoms with van der Waals surface area (Å²) in [5.74, 6) is -0.712. The Morgan fingerprint density at radius 1 is 1.02 bits per heavy atom. The van der Waals surface area contributed by atoms with Gasteiger partial charge in [-0.3, -0.25) is 0 Å². The second-order valence-corrected chi connectivity index (χ2v) is 10.2. The molecular formula is C29H27F4N5O2. The van der Waals surface area contributed by atoms with Crippen LogP contribution in [0.25, 0.3) is 45.1 Å². The third-order valence-corrected chi connectivity index (χ3v) is 6.52. The summed E-state index contributed by atoms with van der Waals surface area (Å²) < 4.78 is 70.7. The molecule has 0 radical (unpaired) electrons. The van der Waals surface area contributed by atoms with Crippen molar-refractivity contribution >= 4 is 11.1 Å². The maximum absolute atomic E-state index is 15.6. The van der Waals surface area contributed by atoms with Crippen molar-refractivity contribution in [2.45, 2.75) is 32.1 Å². The van der Waals surface area contributed by atoms with Gasteiger partial charge in [0.1, 0.15) is 23.2 Å². The second-order valence-electron chi connectivity index (χ2n) is 10.2. The van der Waals surface area contributed by atoms with E-state index in [2.05, 4.69) is 20.5 Å². The lowest BCUT2D eigenvalue weighted by Gasteiger charge is -2.25. The monoisotopic (exact) mass is 553 g/mol. The number of hydrogen-bond acceptors (Lipinski definition) is 6. The van der Waals surface area contributed by atoms with Crippen LogP contribution in [0.5, 0.6) is 0 Å². The number of alkyl halides is 3. The molecule has 2 heterocycles. The number of benzene rings is 3. The molecule has 5 rings (SSSR count). The summed E-state index contributed by atoms with van der Waals surface area (Å²) in [7, 11) is 3.24. The van der Waals surface area contributed by atoms with E-state index in [1.165, 1.54) is 18.5 Å². The number of ether oxygens (including phenoxy) is 1. The Morgan fingerprint density at radius 2 is 1.77 bits per heavy atom. The lowest BCUT2D eigenvalue weighted by Crippen LogP contribution is -2.42. The molecule has 0 fully saturated rings. The van der Waals surface area contributed by atoms with Crippen molar-refractivity contribution in [3.8, 4) is 34.0 Å². The molecule has 5 aromatic rings. The van der Waals surface area contributed by atoms with Gasteiger partial charge in [-0.1, -0.05) is 36.4 Å². The molecule has 0 aliphatic carbocycles. The van der Waals surface area contributed by atoms with Gasteiger partial charge in [0.2, 0.25) is 5.89 Å². The lowest BCUT2D eigenvalue weighted by molar-refractivity contribution is -0.136. The quantitative estimate of drug-likeness (QED) is 0.217. The van der Waals surface area contributed by atoms with E-state index in [1.54, 1.807) is 24.8 Å². The highest BCUT2D eigenvalue weighted by Crippen LogP contribution is 2.43. The van der Waals surface area contributed by atoms with E-state index in [0.717, 1.165) is 11.6 Å². The van der Waals surface area contributed by atoms with Gasteiger partial charge in [0, 0.05) is 31.8 Å². The summed E-state index contributed by atoms with van der Waals surface area (Å²) >= 11 is 0. The third-order valence-electron chi connectivity index (χ3n) is 6.52. The molecule has 0 saturated heterocycles. The highest BCUT2D eigenvalue weighted by atomic mass is 19.4. The molecule has 2 aromatic heterocycles. The number of nitrogens with one attached hydrogen (secondary N) is 1. The van der Waals surface area contributed by atoms with Crippen molar-refractivity contribution in [3.63, 3.8) is 0 Å². The van der Waals surface area contributed by atoms with Gasteiger partial charge in [-0.15, -0.1) is 10.2 Å². The van der Waals surface area contributed by atoms with E-state index in [0.29, 0.717) is 29.1 Å². The molecular weight excluding hydrogens is 526 g/mol. The molecule has 208 valence electrons. The Kier molecular flexibility index (Phi) is 7.19. The Bertz CT molecular complexity index is 1660. The Hall–Kier alpha value is -4.09. The summed E-state index contributed by atoms with van der Waals surface area (Å²) in [6.07, 6.45) is -3.28. The summed E-state index contributed by atoms with van der Waals surface area (Å²) in [6.45, 7) is 4.24. The molecule has 0 amide bonds. The summed E-state index contributed by atoms with van der Waals surface area (Å²) in [4.78, 5) is 4.38. The fourth-order valence-electron chi connectivity index (χ4n) is 4.65. The molecule has 0 aliphatic heterocycles. The van der Waals surface area contributed by atoms with E-state index in [4.69, 9.17) is 9.15 Å². The van der Waals surface area contributed by atoms with Crippen LogP contribution in [0.15, 0.2) is 65.3 Å². The summed E-state index contributed by atoms with van der Waals surface area (Å²) in [5, 5.41) is 11.3. The van der Waals surface area contributed by atoms with Crippen LogP contribution in [0.2, 0.25) is 0 Å². The minimum Gasteiger partial charge on any atom is -0.435 e. The molecule has 11 heteroatoms. The molecule has 1 N–H and O–H groups in total. The first-order chi connectivity index (χ1) is 19.0. The van der Waals surface area contributed by atoms with E-state index in [1.807, 2.05) is 44.2 Å².